The fraction of sp³-hybridized carbons (Fsp3) is 0.600. The number of benzene rings is 1. The fourth-order valence-corrected chi connectivity index (χ4v) is 2.01. The number of hydrogen-bond donors (Lipinski definition) is 1. The van der Waals surface area contributed by atoms with Crippen LogP contribution in [0.1, 0.15) is 45.6 Å². The molecule has 0 saturated heterocycles. The zero-order chi connectivity index (χ0) is 12.7. The van der Waals surface area contributed by atoms with Gasteiger partial charge in [0.05, 0.1) is 0 Å². The van der Waals surface area contributed by atoms with Crippen molar-refractivity contribution < 1.29 is 4.74 Å². The standard InChI is InChI=1S/C15H25NO/c1-4-8-14(16)15(6-3)17-13-10-7-9-12(5-2)11-13/h7,9-11,14-15H,4-6,8,16H2,1-3H3. The summed E-state index contributed by atoms with van der Waals surface area (Å²) in [6.45, 7) is 6.44. The molecule has 0 aliphatic carbocycles. The van der Waals surface area contributed by atoms with E-state index >= 15 is 0 Å². The van der Waals surface area contributed by atoms with Gasteiger partial charge in [0.15, 0.2) is 0 Å². The van der Waals surface area contributed by atoms with Gasteiger partial charge in [-0.05, 0) is 37.0 Å². The molecule has 2 nitrogen and oxygen atoms in total. The van der Waals surface area contributed by atoms with E-state index in [0.717, 1.165) is 31.4 Å². The van der Waals surface area contributed by atoms with Crippen LogP contribution in [0.25, 0.3) is 0 Å². The van der Waals surface area contributed by atoms with Gasteiger partial charge in [0.25, 0.3) is 0 Å². The molecule has 2 heteroatoms. The Balaban J connectivity index is 2.66. The second-order valence-electron chi connectivity index (χ2n) is 4.52. The Kier molecular flexibility index (Phi) is 6.06. The average Bonchev–Trinajstić information content (AvgIpc) is 2.36. The number of hydrogen-bond acceptors (Lipinski definition) is 2. The molecule has 2 atom stereocenters. The SMILES string of the molecule is CCCC(N)C(CC)Oc1cccc(CC)c1. The third-order valence-corrected chi connectivity index (χ3v) is 3.10. The quantitative estimate of drug-likeness (QED) is 0.784. The lowest BCUT2D eigenvalue weighted by Gasteiger charge is -2.24. The van der Waals surface area contributed by atoms with Crippen molar-refractivity contribution in [2.75, 3.05) is 0 Å². The second-order valence-corrected chi connectivity index (χ2v) is 4.52. The third-order valence-electron chi connectivity index (χ3n) is 3.10. The molecule has 0 aliphatic heterocycles. The largest absolute Gasteiger partial charge is 0.489 e. The Morgan fingerprint density at radius 2 is 2.00 bits per heavy atom. The van der Waals surface area contributed by atoms with Gasteiger partial charge >= 0.3 is 0 Å². The van der Waals surface area contributed by atoms with Crippen LogP contribution in [-0.2, 0) is 6.42 Å². The monoisotopic (exact) mass is 235 g/mol. The van der Waals surface area contributed by atoms with Crippen LogP contribution in [-0.4, -0.2) is 12.1 Å². The van der Waals surface area contributed by atoms with Gasteiger partial charge in [0, 0.05) is 6.04 Å². The Labute approximate surface area is 105 Å². The molecule has 0 saturated carbocycles. The molecule has 2 unspecified atom stereocenters. The molecule has 0 aromatic heterocycles. The minimum atomic E-state index is 0.127. The van der Waals surface area contributed by atoms with Gasteiger partial charge in [-0.1, -0.05) is 39.3 Å². The van der Waals surface area contributed by atoms with Crippen molar-refractivity contribution in [3.8, 4) is 5.75 Å². The summed E-state index contributed by atoms with van der Waals surface area (Å²) in [5.41, 5.74) is 7.44. The summed E-state index contributed by atoms with van der Waals surface area (Å²) >= 11 is 0. The van der Waals surface area contributed by atoms with Crippen molar-refractivity contribution >= 4 is 0 Å². The summed E-state index contributed by atoms with van der Waals surface area (Å²) in [5, 5.41) is 0. The summed E-state index contributed by atoms with van der Waals surface area (Å²) in [7, 11) is 0. The van der Waals surface area contributed by atoms with E-state index in [1.165, 1.54) is 5.56 Å². The van der Waals surface area contributed by atoms with Crippen molar-refractivity contribution in [1.29, 1.82) is 0 Å². The molecule has 1 aromatic carbocycles. The molecular weight excluding hydrogens is 210 g/mol. The predicted molar refractivity (Wildman–Crippen MR) is 73.4 cm³/mol. The van der Waals surface area contributed by atoms with Gasteiger partial charge in [0.1, 0.15) is 11.9 Å². The summed E-state index contributed by atoms with van der Waals surface area (Å²) in [4.78, 5) is 0. The summed E-state index contributed by atoms with van der Waals surface area (Å²) < 4.78 is 6.00. The highest BCUT2D eigenvalue weighted by atomic mass is 16.5. The van der Waals surface area contributed by atoms with Gasteiger partial charge in [-0.15, -0.1) is 0 Å². The summed E-state index contributed by atoms with van der Waals surface area (Å²) in [5.74, 6) is 0.947. The molecule has 2 N–H and O–H groups in total. The maximum atomic E-state index is 6.13. The maximum absolute atomic E-state index is 6.13. The molecular formula is C15H25NO. The van der Waals surface area contributed by atoms with E-state index < -0.39 is 0 Å². The highest BCUT2D eigenvalue weighted by molar-refractivity contribution is 5.28. The fourth-order valence-electron chi connectivity index (χ4n) is 2.01. The normalized spacial score (nSPS) is 14.4. The van der Waals surface area contributed by atoms with Gasteiger partial charge in [-0.3, -0.25) is 0 Å². The zero-order valence-electron chi connectivity index (χ0n) is 11.3. The van der Waals surface area contributed by atoms with E-state index in [1.807, 2.05) is 12.1 Å². The smallest absolute Gasteiger partial charge is 0.120 e. The average molecular weight is 235 g/mol. The van der Waals surface area contributed by atoms with E-state index in [9.17, 15) is 0 Å². The van der Waals surface area contributed by atoms with Gasteiger partial charge in [-0.2, -0.15) is 0 Å². The molecule has 0 bridgehead atoms. The second kappa shape index (κ2) is 7.33. The van der Waals surface area contributed by atoms with E-state index in [1.54, 1.807) is 0 Å². The third kappa shape index (κ3) is 4.39. The number of nitrogens with two attached hydrogens (primary N) is 1. The van der Waals surface area contributed by atoms with Crippen LogP contribution in [0.4, 0.5) is 0 Å². The molecule has 0 aliphatic rings. The molecule has 1 rings (SSSR count). The topological polar surface area (TPSA) is 35.2 Å². The number of aryl methyl sites for hydroxylation is 1. The molecule has 0 spiro atoms. The summed E-state index contributed by atoms with van der Waals surface area (Å²) in [6.07, 6.45) is 4.25. The molecule has 0 heterocycles. The van der Waals surface area contributed by atoms with Gasteiger partial charge in [-0.25, -0.2) is 0 Å². The minimum absolute atomic E-state index is 0.127. The summed E-state index contributed by atoms with van der Waals surface area (Å²) in [6, 6.07) is 8.43. The first kappa shape index (κ1) is 14.0. The lowest BCUT2D eigenvalue weighted by Crippen LogP contribution is -2.38. The Morgan fingerprint density at radius 3 is 2.59 bits per heavy atom. The van der Waals surface area contributed by atoms with Crippen molar-refractivity contribution in [2.24, 2.45) is 5.73 Å². The lowest BCUT2D eigenvalue weighted by atomic mass is 10.0. The van der Waals surface area contributed by atoms with E-state index in [4.69, 9.17) is 10.5 Å². The molecule has 17 heavy (non-hydrogen) atoms. The molecule has 1 aromatic rings. The number of rotatable bonds is 7. The molecule has 0 amide bonds. The van der Waals surface area contributed by atoms with Crippen LogP contribution in [0.15, 0.2) is 24.3 Å². The Morgan fingerprint density at radius 1 is 1.24 bits per heavy atom. The van der Waals surface area contributed by atoms with Crippen molar-refractivity contribution in [1.82, 2.24) is 0 Å². The van der Waals surface area contributed by atoms with Gasteiger partial charge in [0.2, 0.25) is 0 Å². The zero-order valence-corrected chi connectivity index (χ0v) is 11.3. The van der Waals surface area contributed by atoms with Crippen molar-refractivity contribution in [3.63, 3.8) is 0 Å². The van der Waals surface area contributed by atoms with E-state index in [0.29, 0.717) is 0 Å². The van der Waals surface area contributed by atoms with Crippen LogP contribution < -0.4 is 10.5 Å². The first-order valence-electron chi connectivity index (χ1n) is 6.72. The van der Waals surface area contributed by atoms with Crippen molar-refractivity contribution in [2.45, 2.75) is 58.6 Å². The van der Waals surface area contributed by atoms with Crippen LogP contribution in [0.2, 0.25) is 0 Å². The molecule has 0 fully saturated rings. The Bertz CT molecular complexity index is 324. The van der Waals surface area contributed by atoms with Crippen LogP contribution >= 0.6 is 0 Å². The van der Waals surface area contributed by atoms with E-state index in [2.05, 4.69) is 32.9 Å². The van der Waals surface area contributed by atoms with Gasteiger partial charge < -0.3 is 10.5 Å². The highest BCUT2D eigenvalue weighted by Gasteiger charge is 2.16. The first-order chi connectivity index (χ1) is 8.21. The van der Waals surface area contributed by atoms with Crippen LogP contribution in [0.5, 0.6) is 5.75 Å². The number of ether oxygens (including phenoxy) is 1. The van der Waals surface area contributed by atoms with E-state index in [-0.39, 0.29) is 12.1 Å². The Hall–Kier alpha value is -1.02. The molecule has 96 valence electrons. The van der Waals surface area contributed by atoms with Crippen molar-refractivity contribution in [3.05, 3.63) is 29.8 Å². The highest BCUT2D eigenvalue weighted by Crippen LogP contribution is 2.18. The van der Waals surface area contributed by atoms with Crippen LogP contribution in [0, 0.1) is 0 Å². The maximum Gasteiger partial charge on any atom is 0.120 e. The molecule has 0 radical (unpaired) electrons. The van der Waals surface area contributed by atoms with Crippen LogP contribution in [0.3, 0.4) is 0 Å². The lowest BCUT2D eigenvalue weighted by molar-refractivity contribution is 0.161. The first-order valence-corrected chi connectivity index (χ1v) is 6.72. The minimum Gasteiger partial charge on any atom is -0.489 e. The predicted octanol–water partition coefficient (Wildman–Crippen LogP) is 3.53.